The van der Waals surface area contributed by atoms with Crippen molar-refractivity contribution in [3.05, 3.63) is 35.1 Å². The van der Waals surface area contributed by atoms with E-state index in [-0.39, 0.29) is 25.2 Å². The van der Waals surface area contributed by atoms with E-state index in [9.17, 15) is 22.7 Å². The Morgan fingerprint density at radius 1 is 1.37 bits per heavy atom. The third kappa shape index (κ3) is 2.58. The SMILES string of the molecule is NC1(c2ccc(C(F)(F)F)cc2F)CCOCC1O. The number of nitrogens with two attached hydrogens (primary N) is 1. The molecule has 0 bridgehead atoms. The third-order valence-electron chi connectivity index (χ3n) is 3.33. The number of hydrogen-bond donors (Lipinski definition) is 2. The number of benzene rings is 1. The summed E-state index contributed by atoms with van der Waals surface area (Å²) in [5.74, 6) is -1.07. The van der Waals surface area contributed by atoms with Crippen LogP contribution in [-0.2, 0) is 16.5 Å². The zero-order chi connectivity index (χ0) is 14.3. The molecule has 1 fully saturated rings. The first-order chi connectivity index (χ1) is 8.75. The lowest BCUT2D eigenvalue weighted by Gasteiger charge is -2.38. The molecule has 0 aromatic heterocycles. The van der Waals surface area contributed by atoms with Gasteiger partial charge in [-0.1, -0.05) is 6.07 Å². The van der Waals surface area contributed by atoms with Gasteiger partial charge in [0.15, 0.2) is 0 Å². The molecule has 1 aliphatic heterocycles. The van der Waals surface area contributed by atoms with E-state index < -0.39 is 29.2 Å². The van der Waals surface area contributed by atoms with Gasteiger partial charge in [-0.05, 0) is 18.6 Å². The molecule has 0 spiro atoms. The van der Waals surface area contributed by atoms with Crippen LogP contribution in [-0.4, -0.2) is 24.4 Å². The van der Waals surface area contributed by atoms with E-state index in [0.717, 1.165) is 12.1 Å². The summed E-state index contributed by atoms with van der Waals surface area (Å²) in [7, 11) is 0. The second-order valence-corrected chi connectivity index (χ2v) is 4.57. The fraction of sp³-hybridized carbons (Fsp3) is 0.500. The summed E-state index contributed by atoms with van der Waals surface area (Å²) in [6.45, 7) is 0.144. The number of aliphatic hydroxyl groups is 1. The monoisotopic (exact) mass is 279 g/mol. The molecule has 7 heteroatoms. The highest BCUT2D eigenvalue weighted by Gasteiger charge is 2.41. The number of aliphatic hydroxyl groups excluding tert-OH is 1. The van der Waals surface area contributed by atoms with Gasteiger partial charge in [0.05, 0.1) is 23.8 Å². The molecule has 1 aliphatic rings. The van der Waals surface area contributed by atoms with Crippen molar-refractivity contribution in [2.45, 2.75) is 24.2 Å². The molecule has 1 aromatic carbocycles. The molecule has 0 amide bonds. The Hall–Kier alpha value is -1.18. The smallest absolute Gasteiger partial charge is 0.388 e. The Morgan fingerprint density at radius 2 is 2.05 bits per heavy atom. The Morgan fingerprint density at radius 3 is 2.58 bits per heavy atom. The summed E-state index contributed by atoms with van der Waals surface area (Å²) in [5, 5.41) is 9.80. The van der Waals surface area contributed by atoms with Gasteiger partial charge in [-0.25, -0.2) is 4.39 Å². The summed E-state index contributed by atoms with van der Waals surface area (Å²) >= 11 is 0. The normalized spacial score (nSPS) is 28.4. The number of halogens is 4. The van der Waals surface area contributed by atoms with E-state index in [4.69, 9.17) is 10.5 Å². The zero-order valence-corrected chi connectivity index (χ0v) is 9.88. The summed E-state index contributed by atoms with van der Waals surface area (Å²) in [5.41, 5.74) is 3.30. The molecule has 19 heavy (non-hydrogen) atoms. The van der Waals surface area contributed by atoms with Gasteiger partial charge in [-0.3, -0.25) is 0 Å². The first-order valence-corrected chi connectivity index (χ1v) is 5.67. The molecule has 2 atom stereocenters. The van der Waals surface area contributed by atoms with Gasteiger partial charge in [0.2, 0.25) is 0 Å². The molecule has 1 heterocycles. The topological polar surface area (TPSA) is 55.5 Å². The van der Waals surface area contributed by atoms with E-state index in [0.29, 0.717) is 6.07 Å². The molecular formula is C12H13F4NO2. The summed E-state index contributed by atoms with van der Waals surface area (Å²) in [6, 6.07) is 2.13. The van der Waals surface area contributed by atoms with Gasteiger partial charge < -0.3 is 15.6 Å². The predicted molar refractivity (Wildman–Crippen MR) is 58.7 cm³/mol. The van der Waals surface area contributed by atoms with Crippen LogP contribution in [0.15, 0.2) is 18.2 Å². The lowest BCUT2D eigenvalue weighted by molar-refractivity contribution is -0.137. The quantitative estimate of drug-likeness (QED) is 0.770. The summed E-state index contributed by atoms with van der Waals surface area (Å²) in [4.78, 5) is 0. The Kier molecular flexibility index (Phi) is 3.55. The van der Waals surface area contributed by atoms with Crippen LogP contribution in [0.3, 0.4) is 0 Å². The molecule has 2 unspecified atom stereocenters. The van der Waals surface area contributed by atoms with E-state index in [1.54, 1.807) is 0 Å². The fourth-order valence-electron chi connectivity index (χ4n) is 2.13. The summed E-state index contributed by atoms with van der Waals surface area (Å²) in [6.07, 6.45) is -5.64. The molecule has 106 valence electrons. The van der Waals surface area contributed by atoms with Crippen molar-refractivity contribution in [1.82, 2.24) is 0 Å². The maximum atomic E-state index is 13.9. The maximum Gasteiger partial charge on any atom is 0.416 e. The van der Waals surface area contributed by atoms with Gasteiger partial charge in [0.25, 0.3) is 0 Å². The molecular weight excluding hydrogens is 266 g/mol. The van der Waals surface area contributed by atoms with Crippen molar-refractivity contribution in [2.24, 2.45) is 5.73 Å². The van der Waals surface area contributed by atoms with Crippen LogP contribution in [0.5, 0.6) is 0 Å². The van der Waals surface area contributed by atoms with Crippen LogP contribution in [0.2, 0.25) is 0 Å². The molecule has 3 nitrogen and oxygen atoms in total. The van der Waals surface area contributed by atoms with Crippen LogP contribution in [0.25, 0.3) is 0 Å². The largest absolute Gasteiger partial charge is 0.416 e. The van der Waals surface area contributed by atoms with E-state index >= 15 is 0 Å². The lowest BCUT2D eigenvalue weighted by Crippen LogP contribution is -2.54. The Balaban J connectivity index is 2.41. The van der Waals surface area contributed by atoms with Crippen molar-refractivity contribution in [3.8, 4) is 0 Å². The van der Waals surface area contributed by atoms with E-state index in [1.807, 2.05) is 0 Å². The standard InChI is InChI=1S/C12H13F4NO2/c13-9-5-7(12(14,15)16)1-2-8(9)11(17)3-4-19-6-10(11)18/h1-2,5,10,18H,3-4,6,17H2. The zero-order valence-electron chi connectivity index (χ0n) is 9.88. The van der Waals surface area contributed by atoms with Gasteiger partial charge in [-0.15, -0.1) is 0 Å². The second kappa shape index (κ2) is 4.73. The van der Waals surface area contributed by atoms with Crippen molar-refractivity contribution in [1.29, 1.82) is 0 Å². The van der Waals surface area contributed by atoms with Crippen molar-refractivity contribution < 1.29 is 27.4 Å². The average molecular weight is 279 g/mol. The second-order valence-electron chi connectivity index (χ2n) is 4.57. The van der Waals surface area contributed by atoms with Crippen LogP contribution < -0.4 is 5.73 Å². The van der Waals surface area contributed by atoms with Crippen molar-refractivity contribution >= 4 is 0 Å². The first-order valence-electron chi connectivity index (χ1n) is 5.67. The summed E-state index contributed by atoms with van der Waals surface area (Å²) < 4.78 is 56.2. The first kappa shape index (κ1) is 14.2. The molecule has 1 aromatic rings. The van der Waals surface area contributed by atoms with E-state index in [2.05, 4.69) is 0 Å². The minimum absolute atomic E-state index is 0.0725. The number of ether oxygens (including phenoxy) is 1. The van der Waals surface area contributed by atoms with Gasteiger partial charge >= 0.3 is 6.18 Å². The average Bonchev–Trinajstić information content (AvgIpc) is 2.31. The molecule has 3 N–H and O–H groups in total. The Bertz CT molecular complexity index is 477. The molecule has 1 saturated heterocycles. The number of alkyl halides is 3. The van der Waals surface area contributed by atoms with Crippen LogP contribution in [0, 0.1) is 5.82 Å². The lowest BCUT2D eigenvalue weighted by atomic mass is 9.81. The molecule has 0 saturated carbocycles. The number of rotatable bonds is 1. The minimum atomic E-state index is -4.62. The third-order valence-corrected chi connectivity index (χ3v) is 3.33. The fourth-order valence-corrected chi connectivity index (χ4v) is 2.13. The Labute approximate surface area is 107 Å². The van der Waals surface area contributed by atoms with Crippen molar-refractivity contribution in [3.63, 3.8) is 0 Å². The predicted octanol–water partition coefficient (Wildman–Crippen LogP) is 1.78. The van der Waals surface area contributed by atoms with Crippen LogP contribution in [0.1, 0.15) is 17.5 Å². The van der Waals surface area contributed by atoms with Gasteiger partial charge in [-0.2, -0.15) is 13.2 Å². The minimum Gasteiger partial charge on any atom is -0.388 e. The highest BCUT2D eigenvalue weighted by molar-refractivity contribution is 5.33. The van der Waals surface area contributed by atoms with E-state index in [1.165, 1.54) is 0 Å². The van der Waals surface area contributed by atoms with Crippen LogP contribution in [0.4, 0.5) is 17.6 Å². The highest BCUT2D eigenvalue weighted by Crippen LogP contribution is 2.35. The van der Waals surface area contributed by atoms with Crippen molar-refractivity contribution in [2.75, 3.05) is 13.2 Å². The molecule has 0 radical (unpaired) electrons. The molecule has 0 aliphatic carbocycles. The highest BCUT2D eigenvalue weighted by atomic mass is 19.4. The number of hydrogen-bond acceptors (Lipinski definition) is 3. The maximum absolute atomic E-state index is 13.9. The molecule has 2 rings (SSSR count). The van der Waals surface area contributed by atoms with Gasteiger partial charge in [0, 0.05) is 12.2 Å². The van der Waals surface area contributed by atoms with Crippen LogP contribution >= 0.6 is 0 Å². The van der Waals surface area contributed by atoms with Gasteiger partial charge in [0.1, 0.15) is 5.82 Å².